The normalized spacial score (nSPS) is 16.8. The molecule has 0 spiro atoms. The van der Waals surface area contributed by atoms with Crippen LogP contribution in [-0.2, 0) is 4.79 Å². The van der Waals surface area contributed by atoms with E-state index >= 15 is 0 Å². The topological polar surface area (TPSA) is 62.2 Å². The summed E-state index contributed by atoms with van der Waals surface area (Å²) in [6, 6.07) is 21.7. The number of carbonyl (C=O) groups excluding carboxylic acids is 1. The van der Waals surface area contributed by atoms with Crippen molar-refractivity contribution in [1.82, 2.24) is 19.8 Å². The minimum atomic E-state index is -0.158. The average Bonchev–Trinajstić information content (AvgIpc) is 3.39. The number of nitrogens with zero attached hydrogens (tertiary/aromatic N) is 3. The lowest BCUT2D eigenvalue weighted by Gasteiger charge is -2.28. The van der Waals surface area contributed by atoms with Gasteiger partial charge in [-0.3, -0.25) is 9.78 Å². The Morgan fingerprint density at radius 2 is 1.87 bits per heavy atom. The molecule has 1 amide bonds. The molecule has 1 saturated heterocycles. The van der Waals surface area contributed by atoms with Crippen LogP contribution in [0.1, 0.15) is 52.3 Å². The highest BCUT2D eigenvalue weighted by Crippen LogP contribution is 2.41. The standard InChI is InChI=1S/C31H32ClN5OS/c1-19-11-12-20(2)27(16-19)34-28(38)13-15-36-30(29(35-31(36)39)26-10-5-6-14-33-26)25-17-21(3)37(22(25)4)24-9-7-8-23(32)18-24/h5-12,14,16-18,29-30H,13,15H2,1-4H3,(H,34,38)(H,35,39). The SMILES string of the molecule is Cc1ccc(C)c(NC(=O)CCN2C(=S)NC(c3ccccn3)C2c2cc(C)n(-c3cccc(Cl)c3)c2C)c1. The van der Waals surface area contributed by atoms with E-state index in [1.165, 1.54) is 0 Å². The Hall–Kier alpha value is -3.68. The number of aromatic nitrogens is 2. The molecule has 2 aromatic carbocycles. The van der Waals surface area contributed by atoms with Gasteiger partial charge < -0.3 is 20.1 Å². The van der Waals surface area contributed by atoms with Crippen LogP contribution in [0.15, 0.2) is 72.9 Å². The van der Waals surface area contributed by atoms with Gasteiger partial charge in [0.25, 0.3) is 0 Å². The van der Waals surface area contributed by atoms with Crippen molar-refractivity contribution < 1.29 is 4.79 Å². The second kappa shape index (κ2) is 11.2. The number of rotatable bonds is 7. The molecule has 4 aromatic rings. The van der Waals surface area contributed by atoms with Crippen molar-refractivity contribution in [2.75, 3.05) is 11.9 Å². The Kier molecular flexibility index (Phi) is 7.73. The highest BCUT2D eigenvalue weighted by molar-refractivity contribution is 7.80. The van der Waals surface area contributed by atoms with Crippen LogP contribution in [0.25, 0.3) is 5.69 Å². The van der Waals surface area contributed by atoms with Gasteiger partial charge in [-0.15, -0.1) is 0 Å². The van der Waals surface area contributed by atoms with Crippen molar-refractivity contribution in [2.45, 2.75) is 46.2 Å². The van der Waals surface area contributed by atoms with Crippen molar-refractivity contribution in [3.63, 3.8) is 0 Å². The van der Waals surface area contributed by atoms with Crippen molar-refractivity contribution >= 4 is 40.5 Å². The molecule has 2 N–H and O–H groups in total. The maximum absolute atomic E-state index is 13.0. The lowest BCUT2D eigenvalue weighted by atomic mass is 9.96. The second-order valence-electron chi connectivity index (χ2n) is 10.1. The van der Waals surface area contributed by atoms with Crippen LogP contribution in [0.2, 0.25) is 5.02 Å². The fourth-order valence-corrected chi connectivity index (χ4v) is 5.91. The lowest BCUT2D eigenvalue weighted by molar-refractivity contribution is -0.116. The molecule has 6 nitrogen and oxygen atoms in total. The van der Waals surface area contributed by atoms with E-state index in [-0.39, 0.29) is 18.0 Å². The zero-order valence-electron chi connectivity index (χ0n) is 22.5. The molecule has 1 fully saturated rings. The van der Waals surface area contributed by atoms with Gasteiger partial charge in [0.05, 0.1) is 17.8 Å². The van der Waals surface area contributed by atoms with Gasteiger partial charge >= 0.3 is 0 Å². The van der Waals surface area contributed by atoms with Gasteiger partial charge in [-0.2, -0.15) is 0 Å². The Labute approximate surface area is 240 Å². The summed E-state index contributed by atoms with van der Waals surface area (Å²) in [5, 5.41) is 7.88. The van der Waals surface area contributed by atoms with E-state index in [1.54, 1.807) is 6.20 Å². The monoisotopic (exact) mass is 557 g/mol. The number of thiocarbonyl (C=S) groups is 1. The molecular formula is C31H32ClN5OS. The smallest absolute Gasteiger partial charge is 0.226 e. The second-order valence-corrected chi connectivity index (χ2v) is 10.9. The fraction of sp³-hybridized carbons (Fsp3) is 0.258. The molecule has 3 heterocycles. The molecule has 200 valence electrons. The number of benzene rings is 2. The number of hydrogen-bond donors (Lipinski definition) is 2. The minimum absolute atomic E-state index is 0.0454. The third-order valence-electron chi connectivity index (χ3n) is 7.30. The summed E-state index contributed by atoms with van der Waals surface area (Å²) in [5.74, 6) is -0.0454. The Morgan fingerprint density at radius 3 is 2.62 bits per heavy atom. The predicted molar refractivity (Wildman–Crippen MR) is 162 cm³/mol. The van der Waals surface area contributed by atoms with Gasteiger partial charge in [0, 0.05) is 46.9 Å². The molecule has 39 heavy (non-hydrogen) atoms. The minimum Gasteiger partial charge on any atom is -0.352 e. The number of pyridine rings is 1. The maximum atomic E-state index is 13.0. The van der Waals surface area contributed by atoms with Crippen LogP contribution in [0.5, 0.6) is 0 Å². The summed E-state index contributed by atoms with van der Waals surface area (Å²) in [5.41, 5.74) is 8.21. The van der Waals surface area contributed by atoms with E-state index in [0.29, 0.717) is 23.1 Å². The molecule has 0 saturated carbocycles. The third-order valence-corrected chi connectivity index (χ3v) is 7.89. The quantitative estimate of drug-likeness (QED) is 0.246. The summed E-state index contributed by atoms with van der Waals surface area (Å²) in [7, 11) is 0. The Balaban J connectivity index is 1.47. The van der Waals surface area contributed by atoms with E-state index in [1.807, 2.05) is 68.4 Å². The van der Waals surface area contributed by atoms with E-state index in [4.69, 9.17) is 23.8 Å². The van der Waals surface area contributed by atoms with Crippen LogP contribution in [0.3, 0.4) is 0 Å². The largest absolute Gasteiger partial charge is 0.352 e. The number of hydrogen-bond acceptors (Lipinski definition) is 3. The number of anilines is 1. The maximum Gasteiger partial charge on any atom is 0.226 e. The highest BCUT2D eigenvalue weighted by atomic mass is 35.5. The van der Waals surface area contributed by atoms with Gasteiger partial charge in [-0.1, -0.05) is 35.9 Å². The molecule has 5 rings (SSSR count). The summed E-state index contributed by atoms with van der Waals surface area (Å²) in [6.45, 7) is 8.70. The van der Waals surface area contributed by atoms with E-state index in [2.05, 4.69) is 51.1 Å². The molecule has 2 unspecified atom stereocenters. The number of amides is 1. The van der Waals surface area contributed by atoms with Crippen LogP contribution >= 0.6 is 23.8 Å². The molecule has 0 radical (unpaired) electrons. The van der Waals surface area contributed by atoms with E-state index in [0.717, 1.165) is 45.1 Å². The number of carbonyl (C=O) groups is 1. The molecule has 2 atom stereocenters. The van der Waals surface area contributed by atoms with Crippen molar-refractivity contribution in [3.8, 4) is 5.69 Å². The van der Waals surface area contributed by atoms with Crippen LogP contribution in [-0.4, -0.2) is 32.0 Å². The van der Waals surface area contributed by atoms with Gasteiger partial charge in [0.15, 0.2) is 5.11 Å². The third kappa shape index (κ3) is 5.56. The summed E-state index contributed by atoms with van der Waals surface area (Å²) >= 11 is 12.2. The zero-order valence-corrected chi connectivity index (χ0v) is 24.1. The van der Waals surface area contributed by atoms with Gasteiger partial charge in [0.1, 0.15) is 0 Å². The molecular weight excluding hydrogens is 526 g/mol. The summed E-state index contributed by atoms with van der Waals surface area (Å²) < 4.78 is 2.21. The molecule has 0 aliphatic carbocycles. The van der Waals surface area contributed by atoms with Gasteiger partial charge in [0.2, 0.25) is 5.91 Å². The van der Waals surface area contributed by atoms with E-state index in [9.17, 15) is 4.79 Å². The fourth-order valence-electron chi connectivity index (χ4n) is 5.39. The van der Waals surface area contributed by atoms with Crippen LogP contribution in [0, 0.1) is 27.7 Å². The predicted octanol–water partition coefficient (Wildman–Crippen LogP) is 6.76. The number of nitrogens with one attached hydrogen (secondary N) is 2. The lowest BCUT2D eigenvalue weighted by Crippen LogP contribution is -2.33. The first-order valence-corrected chi connectivity index (χ1v) is 13.8. The number of halogens is 1. The highest BCUT2D eigenvalue weighted by Gasteiger charge is 2.41. The van der Waals surface area contributed by atoms with Crippen molar-refractivity contribution in [3.05, 3.63) is 112 Å². The first-order chi connectivity index (χ1) is 18.7. The zero-order chi connectivity index (χ0) is 27.7. The summed E-state index contributed by atoms with van der Waals surface area (Å²) in [4.78, 5) is 19.8. The first-order valence-electron chi connectivity index (χ1n) is 13.0. The van der Waals surface area contributed by atoms with Crippen LogP contribution in [0.4, 0.5) is 5.69 Å². The average molecular weight is 558 g/mol. The van der Waals surface area contributed by atoms with Gasteiger partial charge in [-0.25, -0.2) is 0 Å². The summed E-state index contributed by atoms with van der Waals surface area (Å²) in [6.07, 6.45) is 2.10. The van der Waals surface area contributed by atoms with E-state index < -0.39 is 0 Å². The Morgan fingerprint density at radius 1 is 1.05 bits per heavy atom. The van der Waals surface area contributed by atoms with Gasteiger partial charge in [-0.05, 0) is 99.1 Å². The first kappa shape index (κ1) is 26.9. The number of aryl methyl sites for hydroxylation is 3. The molecule has 1 aliphatic rings. The molecule has 0 bridgehead atoms. The van der Waals surface area contributed by atoms with Crippen LogP contribution < -0.4 is 10.6 Å². The molecule has 2 aromatic heterocycles. The van der Waals surface area contributed by atoms with Crippen molar-refractivity contribution in [1.29, 1.82) is 0 Å². The Bertz CT molecular complexity index is 1530. The molecule has 8 heteroatoms. The molecule has 1 aliphatic heterocycles. The van der Waals surface area contributed by atoms with Crippen molar-refractivity contribution in [2.24, 2.45) is 0 Å².